The Balaban J connectivity index is 2.03. The number of aromatic nitrogens is 2. The molecular formula is C38H53BrN4O7. The Kier molecular flexibility index (Phi) is 13.3. The van der Waals surface area contributed by atoms with E-state index in [0.29, 0.717) is 35.5 Å². The molecule has 1 aromatic heterocycles. The van der Waals surface area contributed by atoms with Gasteiger partial charge in [0.15, 0.2) is 17.3 Å². The summed E-state index contributed by atoms with van der Waals surface area (Å²) in [4.78, 5) is 51.2. The highest BCUT2D eigenvalue weighted by Gasteiger charge is 2.35. The van der Waals surface area contributed by atoms with Crippen molar-refractivity contribution in [3.63, 3.8) is 0 Å². The van der Waals surface area contributed by atoms with Gasteiger partial charge in [-0.15, -0.1) is 0 Å². The number of carbonyl (C=O) groups is 3. The molecule has 1 aromatic carbocycles. The third-order valence-corrected chi connectivity index (χ3v) is 7.97. The number of allylic oxidation sites excluding steroid dienone is 2. The first-order chi connectivity index (χ1) is 23.0. The van der Waals surface area contributed by atoms with Crippen molar-refractivity contribution in [2.75, 3.05) is 18.6 Å². The fraction of sp³-hybridized carbons (Fsp3) is 0.553. The zero-order valence-corrected chi connectivity index (χ0v) is 33.2. The summed E-state index contributed by atoms with van der Waals surface area (Å²) in [5.41, 5.74) is 1.30. The Morgan fingerprint density at radius 2 is 1.54 bits per heavy atom. The zero-order valence-electron chi connectivity index (χ0n) is 31.6. The van der Waals surface area contributed by atoms with Crippen molar-refractivity contribution in [1.82, 2.24) is 14.9 Å². The van der Waals surface area contributed by atoms with Crippen LogP contribution in [0.25, 0.3) is 11.5 Å². The van der Waals surface area contributed by atoms with Crippen LogP contribution in [0.15, 0.2) is 46.7 Å². The second-order valence-corrected chi connectivity index (χ2v) is 16.6. The Morgan fingerprint density at radius 1 is 0.940 bits per heavy atom. The van der Waals surface area contributed by atoms with Gasteiger partial charge < -0.3 is 23.8 Å². The van der Waals surface area contributed by atoms with Crippen LogP contribution < -0.4 is 4.90 Å². The second-order valence-electron chi connectivity index (χ2n) is 15.8. The first kappa shape index (κ1) is 40.5. The third kappa shape index (κ3) is 12.1. The second kappa shape index (κ2) is 16.4. The summed E-state index contributed by atoms with van der Waals surface area (Å²) in [7, 11) is 1.70. The van der Waals surface area contributed by atoms with Crippen LogP contribution >= 0.6 is 15.9 Å². The number of amides is 3. The average Bonchev–Trinajstić information content (AvgIpc) is 2.96. The summed E-state index contributed by atoms with van der Waals surface area (Å²) < 4.78 is 23.8. The highest BCUT2D eigenvalue weighted by molar-refractivity contribution is 9.10. The minimum absolute atomic E-state index is 0.0828. The molecule has 1 aliphatic rings. The lowest BCUT2D eigenvalue weighted by Gasteiger charge is -2.28. The van der Waals surface area contributed by atoms with E-state index in [1.165, 1.54) is 11.1 Å². The molecule has 1 unspecified atom stereocenters. The van der Waals surface area contributed by atoms with E-state index < -0.39 is 29.5 Å². The van der Waals surface area contributed by atoms with E-state index in [4.69, 9.17) is 18.9 Å². The van der Waals surface area contributed by atoms with Gasteiger partial charge in [-0.25, -0.2) is 24.4 Å². The first-order valence-electron chi connectivity index (χ1n) is 16.9. The van der Waals surface area contributed by atoms with Gasteiger partial charge in [0.2, 0.25) is 0 Å². The fourth-order valence-electron chi connectivity index (χ4n) is 4.76. The summed E-state index contributed by atoms with van der Waals surface area (Å²) in [6, 6.07) is 7.76. The zero-order chi connectivity index (χ0) is 37.6. The Bertz CT molecular complexity index is 1600. The SMILES string of the molecule is CC1=C(c2ccc(CN(C)C(=O)OC(C)(C)C)cc2)OC(c2nc(Br)cnc2N(C(=O)OCCC(C)(C)C)C(=O)OC(C)(C)C)=CCCC1C. The molecule has 2 aromatic rings. The molecule has 0 N–H and O–H groups in total. The van der Waals surface area contributed by atoms with Gasteiger partial charge in [-0.3, -0.25) is 0 Å². The van der Waals surface area contributed by atoms with Gasteiger partial charge in [0.25, 0.3) is 0 Å². The maximum absolute atomic E-state index is 13.6. The predicted molar refractivity (Wildman–Crippen MR) is 198 cm³/mol. The van der Waals surface area contributed by atoms with Gasteiger partial charge in [0, 0.05) is 19.2 Å². The van der Waals surface area contributed by atoms with Crippen LogP contribution in [0.1, 0.15) is 112 Å². The van der Waals surface area contributed by atoms with E-state index in [0.717, 1.165) is 28.0 Å². The molecule has 0 radical (unpaired) electrons. The molecule has 0 fully saturated rings. The molecule has 2 heterocycles. The van der Waals surface area contributed by atoms with Gasteiger partial charge in [-0.05, 0) is 112 Å². The maximum atomic E-state index is 13.6. The highest BCUT2D eigenvalue weighted by atomic mass is 79.9. The maximum Gasteiger partial charge on any atom is 0.425 e. The van der Waals surface area contributed by atoms with Crippen molar-refractivity contribution in [1.29, 1.82) is 0 Å². The smallest absolute Gasteiger partial charge is 0.425 e. The Morgan fingerprint density at radius 3 is 2.12 bits per heavy atom. The number of ether oxygens (including phenoxy) is 4. The van der Waals surface area contributed by atoms with Crippen molar-refractivity contribution < 1.29 is 33.3 Å². The summed E-state index contributed by atoms with van der Waals surface area (Å²) in [6.45, 7) is 21.4. The van der Waals surface area contributed by atoms with E-state index >= 15 is 0 Å². The number of hydrogen-bond donors (Lipinski definition) is 0. The van der Waals surface area contributed by atoms with E-state index in [-0.39, 0.29) is 29.5 Å². The monoisotopic (exact) mass is 756 g/mol. The van der Waals surface area contributed by atoms with Crippen LogP contribution in [0, 0.1) is 11.3 Å². The molecule has 0 saturated carbocycles. The van der Waals surface area contributed by atoms with E-state index in [2.05, 4.69) is 32.8 Å². The van der Waals surface area contributed by atoms with E-state index in [1.54, 1.807) is 27.8 Å². The number of anilines is 1. The van der Waals surface area contributed by atoms with Gasteiger partial charge in [0.1, 0.15) is 21.6 Å². The Labute approximate surface area is 305 Å². The van der Waals surface area contributed by atoms with Crippen LogP contribution in [-0.4, -0.2) is 58.0 Å². The van der Waals surface area contributed by atoms with Crippen LogP contribution in [0.5, 0.6) is 0 Å². The summed E-state index contributed by atoms with van der Waals surface area (Å²) in [5, 5.41) is 0. The molecule has 1 atom stereocenters. The van der Waals surface area contributed by atoms with Crippen molar-refractivity contribution in [2.45, 2.75) is 113 Å². The number of carbonyl (C=O) groups excluding carboxylic acids is 3. The quantitative estimate of drug-likeness (QED) is 0.254. The number of benzene rings is 1. The van der Waals surface area contributed by atoms with Gasteiger partial charge in [-0.1, -0.05) is 52.0 Å². The van der Waals surface area contributed by atoms with Gasteiger partial charge in [0.05, 0.1) is 12.8 Å². The molecule has 3 amide bonds. The molecule has 274 valence electrons. The number of rotatable bonds is 7. The molecule has 0 spiro atoms. The van der Waals surface area contributed by atoms with Crippen LogP contribution in [0.4, 0.5) is 20.2 Å². The molecule has 12 heteroatoms. The lowest BCUT2D eigenvalue weighted by atomic mass is 9.92. The van der Waals surface area contributed by atoms with Crippen LogP contribution in [0.2, 0.25) is 0 Å². The molecule has 0 saturated heterocycles. The lowest BCUT2D eigenvalue weighted by molar-refractivity contribution is 0.0284. The number of nitrogens with zero attached hydrogens (tertiary/aromatic N) is 4. The third-order valence-electron chi connectivity index (χ3n) is 7.59. The number of hydrogen-bond acceptors (Lipinski definition) is 9. The van der Waals surface area contributed by atoms with Gasteiger partial charge >= 0.3 is 18.3 Å². The van der Waals surface area contributed by atoms with E-state index in [9.17, 15) is 14.4 Å². The van der Waals surface area contributed by atoms with Crippen molar-refractivity contribution in [3.05, 3.63) is 63.5 Å². The predicted octanol–water partition coefficient (Wildman–Crippen LogP) is 10.1. The number of halogens is 1. The fourth-order valence-corrected chi connectivity index (χ4v) is 5.04. The summed E-state index contributed by atoms with van der Waals surface area (Å²) >= 11 is 3.41. The summed E-state index contributed by atoms with van der Waals surface area (Å²) in [5.74, 6) is 1.05. The minimum Gasteiger partial charge on any atom is -0.455 e. The van der Waals surface area contributed by atoms with Crippen LogP contribution in [-0.2, 0) is 25.5 Å². The van der Waals surface area contributed by atoms with Crippen molar-refractivity contribution in [2.24, 2.45) is 11.3 Å². The highest BCUT2D eigenvalue weighted by Crippen LogP contribution is 2.37. The number of imide groups is 1. The van der Waals surface area contributed by atoms with Crippen LogP contribution in [0.3, 0.4) is 0 Å². The largest absolute Gasteiger partial charge is 0.455 e. The van der Waals surface area contributed by atoms with Gasteiger partial charge in [-0.2, -0.15) is 4.90 Å². The van der Waals surface area contributed by atoms with Crippen molar-refractivity contribution in [3.8, 4) is 0 Å². The molecule has 0 aliphatic carbocycles. The summed E-state index contributed by atoms with van der Waals surface area (Å²) in [6.07, 6.45) is 3.06. The van der Waals surface area contributed by atoms with E-state index in [1.807, 2.05) is 78.8 Å². The molecular weight excluding hydrogens is 704 g/mol. The molecule has 11 nitrogen and oxygen atoms in total. The minimum atomic E-state index is -0.949. The molecule has 3 rings (SSSR count). The standard InChI is InChI=1S/C38H53BrN4O7/c1-24-14-13-15-28(48-31(25(24)2)27-18-16-26(17-19-27)23-42(12)33(44)49-37(6,7)8)30-32(40-22-29(39)41-30)43(35(46)50-38(9,10)11)34(45)47-21-20-36(3,4)5/h15-19,22,24H,13-14,20-21,23H2,1-12H3. The molecule has 0 bridgehead atoms. The Hall–Kier alpha value is -3.93. The average molecular weight is 758 g/mol. The normalized spacial score (nSPS) is 15.6. The van der Waals surface area contributed by atoms with Crippen molar-refractivity contribution >= 4 is 51.5 Å². The topological polar surface area (TPSA) is 120 Å². The lowest BCUT2D eigenvalue weighted by Crippen LogP contribution is -2.42. The molecule has 50 heavy (non-hydrogen) atoms. The first-order valence-corrected chi connectivity index (χ1v) is 17.7. The molecule has 1 aliphatic heterocycles.